The molecule has 0 unspecified atom stereocenters. The zero-order valence-corrected chi connectivity index (χ0v) is 13.6. The first-order valence-electron chi connectivity index (χ1n) is 7.60. The summed E-state index contributed by atoms with van der Waals surface area (Å²) in [6.07, 6.45) is -0.553. The number of carbonyl (C=O) groups is 1. The molecule has 0 aliphatic heterocycles. The van der Waals surface area contributed by atoms with Crippen LogP contribution in [0.4, 0.5) is 5.69 Å². The molecule has 1 amide bonds. The number of hydrogen-bond donors (Lipinski definition) is 1. The molecule has 0 aromatic heterocycles. The number of aryl methyl sites for hydroxylation is 1. The minimum atomic E-state index is -0.553. The van der Waals surface area contributed by atoms with Crippen LogP contribution in [0.3, 0.4) is 0 Å². The summed E-state index contributed by atoms with van der Waals surface area (Å²) in [6.45, 7) is 7.99. The van der Waals surface area contributed by atoms with Crippen molar-refractivity contribution in [1.82, 2.24) is 0 Å². The summed E-state index contributed by atoms with van der Waals surface area (Å²) in [5.74, 6) is 0.906. The van der Waals surface area contributed by atoms with E-state index >= 15 is 0 Å². The lowest BCUT2D eigenvalue weighted by molar-refractivity contribution is -0.122. The van der Waals surface area contributed by atoms with E-state index in [1.54, 1.807) is 6.92 Å². The molecule has 0 radical (unpaired) electrons. The highest BCUT2D eigenvalue weighted by molar-refractivity contribution is 5.94. The summed E-state index contributed by atoms with van der Waals surface area (Å²) in [6, 6.07) is 15.5. The first-order valence-corrected chi connectivity index (χ1v) is 7.60. The van der Waals surface area contributed by atoms with Gasteiger partial charge in [-0.1, -0.05) is 49.7 Å². The van der Waals surface area contributed by atoms with Gasteiger partial charge in [-0.15, -0.1) is 0 Å². The molecule has 0 saturated carbocycles. The maximum absolute atomic E-state index is 12.3. The lowest BCUT2D eigenvalue weighted by atomic mass is 10.0. The van der Waals surface area contributed by atoms with Crippen LogP contribution in [0.25, 0.3) is 0 Å². The molecule has 0 aliphatic rings. The average molecular weight is 297 g/mol. The second kappa shape index (κ2) is 7.12. The second-order valence-corrected chi connectivity index (χ2v) is 5.80. The maximum Gasteiger partial charge on any atom is 0.265 e. The Hall–Kier alpha value is -2.29. The van der Waals surface area contributed by atoms with Crippen molar-refractivity contribution in [1.29, 1.82) is 0 Å². The number of rotatable bonds is 5. The van der Waals surface area contributed by atoms with E-state index in [2.05, 4.69) is 19.2 Å². The van der Waals surface area contributed by atoms with Crippen molar-refractivity contribution < 1.29 is 9.53 Å². The third-order valence-electron chi connectivity index (χ3n) is 3.54. The van der Waals surface area contributed by atoms with Crippen LogP contribution in [0.2, 0.25) is 0 Å². The van der Waals surface area contributed by atoms with Crippen LogP contribution in [-0.4, -0.2) is 12.0 Å². The molecule has 1 atom stereocenters. The van der Waals surface area contributed by atoms with Crippen molar-refractivity contribution in [3.8, 4) is 5.75 Å². The van der Waals surface area contributed by atoms with Crippen molar-refractivity contribution >= 4 is 11.6 Å². The van der Waals surface area contributed by atoms with Crippen molar-refractivity contribution in [3.05, 3.63) is 59.7 Å². The third-order valence-corrected chi connectivity index (χ3v) is 3.54. The van der Waals surface area contributed by atoms with Gasteiger partial charge in [0, 0.05) is 5.69 Å². The average Bonchev–Trinajstić information content (AvgIpc) is 2.49. The zero-order valence-electron chi connectivity index (χ0n) is 13.6. The Balaban J connectivity index is 2.04. The fourth-order valence-corrected chi connectivity index (χ4v) is 2.22. The zero-order chi connectivity index (χ0) is 16.1. The first-order chi connectivity index (χ1) is 10.5. The number of hydrogen-bond acceptors (Lipinski definition) is 2. The Morgan fingerprint density at radius 2 is 1.64 bits per heavy atom. The van der Waals surface area contributed by atoms with Gasteiger partial charge in [0.1, 0.15) is 5.75 Å². The first kappa shape index (κ1) is 16.1. The topological polar surface area (TPSA) is 38.3 Å². The molecule has 116 valence electrons. The van der Waals surface area contributed by atoms with Gasteiger partial charge < -0.3 is 10.1 Å². The Bertz CT molecular complexity index is 632. The number of amides is 1. The summed E-state index contributed by atoms with van der Waals surface area (Å²) >= 11 is 0. The third kappa shape index (κ3) is 4.10. The van der Waals surface area contributed by atoms with E-state index in [0.717, 1.165) is 16.8 Å². The molecule has 0 fully saturated rings. The molecule has 3 heteroatoms. The van der Waals surface area contributed by atoms with Gasteiger partial charge >= 0.3 is 0 Å². The van der Waals surface area contributed by atoms with Gasteiger partial charge in [-0.2, -0.15) is 0 Å². The van der Waals surface area contributed by atoms with Gasteiger partial charge in [0.2, 0.25) is 0 Å². The monoisotopic (exact) mass is 297 g/mol. The highest BCUT2D eigenvalue weighted by atomic mass is 16.5. The van der Waals surface area contributed by atoms with Gasteiger partial charge in [0.05, 0.1) is 0 Å². The quantitative estimate of drug-likeness (QED) is 0.881. The molecule has 2 rings (SSSR count). The Morgan fingerprint density at radius 1 is 1.00 bits per heavy atom. The van der Waals surface area contributed by atoms with E-state index in [1.165, 1.54) is 0 Å². The standard InChI is InChI=1S/C19H23NO2/c1-13(2)17-7-5-6-8-18(17)20-19(21)15(4)22-16-11-9-14(3)10-12-16/h5-13,15H,1-4H3,(H,20,21)/t15-/m1/s1. The van der Waals surface area contributed by atoms with Crippen LogP contribution in [0.5, 0.6) is 5.75 Å². The van der Waals surface area contributed by atoms with E-state index < -0.39 is 6.10 Å². The molecule has 2 aromatic rings. The van der Waals surface area contributed by atoms with Crippen molar-refractivity contribution in [2.24, 2.45) is 0 Å². The van der Waals surface area contributed by atoms with Gasteiger partial charge in [-0.05, 0) is 43.5 Å². The summed E-state index contributed by atoms with van der Waals surface area (Å²) in [5, 5.41) is 2.96. The van der Waals surface area contributed by atoms with E-state index in [9.17, 15) is 4.79 Å². The van der Waals surface area contributed by atoms with E-state index in [-0.39, 0.29) is 5.91 Å². The number of para-hydroxylation sites is 1. The molecule has 22 heavy (non-hydrogen) atoms. The number of nitrogens with one attached hydrogen (secondary N) is 1. The fraction of sp³-hybridized carbons (Fsp3) is 0.316. The van der Waals surface area contributed by atoms with Crippen LogP contribution in [-0.2, 0) is 4.79 Å². The Kier molecular flexibility index (Phi) is 5.21. The molecule has 0 saturated heterocycles. The smallest absolute Gasteiger partial charge is 0.265 e. The molecule has 0 bridgehead atoms. The van der Waals surface area contributed by atoms with Gasteiger partial charge in [0.25, 0.3) is 5.91 Å². The lowest BCUT2D eigenvalue weighted by Crippen LogP contribution is -2.30. The van der Waals surface area contributed by atoms with Gasteiger partial charge in [0.15, 0.2) is 6.10 Å². The molecule has 0 aliphatic carbocycles. The molecular formula is C19H23NO2. The predicted molar refractivity (Wildman–Crippen MR) is 90.4 cm³/mol. The highest BCUT2D eigenvalue weighted by Crippen LogP contribution is 2.24. The minimum absolute atomic E-state index is 0.145. The van der Waals surface area contributed by atoms with Crippen LogP contribution < -0.4 is 10.1 Å². The predicted octanol–water partition coefficient (Wildman–Crippen LogP) is 4.52. The molecular weight excluding hydrogens is 274 g/mol. The van der Waals surface area contributed by atoms with Crippen molar-refractivity contribution in [2.45, 2.75) is 39.7 Å². The fourth-order valence-electron chi connectivity index (χ4n) is 2.22. The van der Waals surface area contributed by atoms with Crippen LogP contribution in [0.15, 0.2) is 48.5 Å². The number of ether oxygens (including phenoxy) is 1. The number of anilines is 1. The molecule has 0 spiro atoms. The summed E-state index contributed by atoms with van der Waals surface area (Å²) < 4.78 is 5.69. The van der Waals surface area contributed by atoms with E-state index in [4.69, 9.17) is 4.74 Å². The Labute approximate surface area is 132 Å². The van der Waals surface area contributed by atoms with Gasteiger partial charge in [-0.3, -0.25) is 4.79 Å². The van der Waals surface area contributed by atoms with Crippen molar-refractivity contribution in [3.63, 3.8) is 0 Å². The summed E-state index contributed by atoms with van der Waals surface area (Å²) in [7, 11) is 0. The number of carbonyl (C=O) groups excluding carboxylic acids is 1. The lowest BCUT2D eigenvalue weighted by Gasteiger charge is -2.17. The van der Waals surface area contributed by atoms with Crippen LogP contribution >= 0.6 is 0 Å². The molecule has 2 aromatic carbocycles. The van der Waals surface area contributed by atoms with Crippen LogP contribution in [0.1, 0.15) is 37.8 Å². The summed E-state index contributed by atoms with van der Waals surface area (Å²) in [4.78, 5) is 12.3. The maximum atomic E-state index is 12.3. The van der Waals surface area contributed by atoms with Crippen LogP contribution in [0, 0.1) is 6.92 Å². The summed E-state index contributed by atoms with van der Waals surface area (Å²) in [5.41, 5.74) is 3.13. The Morgan fingerprint density at radius 3 is 2.27 bits per heavy atom. The van der Waals surface area contributed by atoms with E-state index in [1.807, 2.05) is 55.5 Å². The second-order valence-electron chi connectivity index (χ2n) is 5.80. The number of benzene rings is 2. The highest BCUT2D eigenvalue weighted by Gasteiger charge is 2.16. The van der Waals surface area contributed by atoms with Crippen molar-refractivity contribution in [2.75, 3.05) is 5.32 Å². The molecule has 1 N–H and O–H groups in total. The largest absolute Gasteiger partial charge is 0.481 e. The normalized spacial score (nSPS) is 12.0. The SMILES string of the molecule is Cc1ccc(O[C@H](C)C(=O)Nc2ccccc2C(C)C)cc1. The molecule has 0 heterocycles. The minimum Gasteiger partial charge on any atom is -0.481 e. The molecule has 3 nitrogen and oxygen atoms in total. The van der Waals surface area contributed by atoms with E-state index in [0.29, 0.717) is 11.7 Å². The van der Waals surface area contributed by atoms with Gasteiger partial charge in [-0.25, -0.2) is 0 Å².